The monoisotopic (exact) mass is 346 g/mol. The molecule has 1 aromatic heterocycles. The molecule has 0 aliphatic rings. The summed E-state index contributed by atoms with van der Waals surface area (Å²) in [4.78, 5) is 10.8. The van der Waals surface area contributed by atoms with Crippen LogP contribution in [0.5, 0.6) is 5.75 Å². The molecule has 3 rings (SSSR count). The molecule has 0 fully saturated rings. The van der Waals surface area contributed by atoms with Gasteiger partial charge < -0.3 is 14.3 Å². The number of benzene rings is 2. The van der Waals surface area contributed by atoms with Crippen LogP contribution in [0, 0.1) is 0 Å². The maximum atomic E-state index is 10.8. The smallest absolute Gasteiger partial charge is 0.338 e. The number of furan rings is 1. The van der Waals surface area contributed by atoms with Crippen molar-refractivity contribution >= 4 is 32.7 Å². The van der Waals surface area contributed by atoms with Crippen LogP contribution in [0.3, 0.4) is 0 Å². The first-order valence-electron chi connectivity index (χ1n) is 6.24. The highest BCUT2D eigenvalue weighted by atomic mass is 79.9. The molecule has 0 radical (unpaired) electrons. The Morgan fingerprint density at radius 1 is 1.14 bits per heavy atom. The molecule has 3 aromatic rings. The van der Waals surface area contributed by atoms with Gasteiger partial charge >= 0.3 is 5.97 Å². The van der Waals surface area contributed by atoms with Crippen LogP contribution in [-0.4, -0.2) is 11.1 Å². The molecule has 2 aromatic carbocycles. The lowest BCUT2D eigenvalue weighted by Gasteiger charge is -2.06. The highest BCUT2D eigenvalue weighted by molar-refractivity contribution is 9.10. The fourth-order valence-corrected chi connectivity index (χ4v) is 2.39. The van der Waals surface area contributed by atoms with Gasteiger partial charge in [-0.1, -0.05) is 28.1 Å². The van der Waals surface area contributed by atoms with Gasteiger partial charge in [0.05, 0.1) is 5.56 Å². The van der Waals surface area contributed by atoms with Gasteiger partial charge in [-0.2, -0.15) is 0 Å². The van der Waals surface area contributed by atoms with Gasteiger partial charge in [0, 0.05) is 4.47 Å². The predicted octanol–water partition coefficient (Wildman–Crippen LogP) is 4.47. The van der Waals surface area contributed by atoms with Crippen LogP contribution in [0.25, 0.3) is 10.8 Å². The molecule has 21 heavy (non-hydrogen) atoms. The highest BCUT2D eigenvalue weighted by Gasteiger charge is 2.08. The fourth-order valence-electron chi connectivity index (χ4n) is 2.01. The number of carbonyl (C=O) groups is 1. The molecule has 1 N–H and O–H groups in total. The Morgan fingerprint density at radius 2 is 1.90 bits per heavy atom. The van der Waals surface area contributed by atoms with E-state index >= 15 is 0 Å². The maximum absolute atomic E-state index is 10.8. The van der Waals surface area contributed by atoms with Gasteiger partial charge in [0.1, 0.15) is 24.4 Å². The van der Waals surface area contributed by atoms with Gasteiger partial charge in [0.15, 0.2) is 0 Å². The van der Waals surface area contributed by atoms with Crippen LogP contribution in [0.15, 0.2) is 57.6 Å². The molecule has 0 aliphatic heterocycles. The van der Waals surface area contributed by atoms with Crippen LogP contribution < -0.4 is 4.74 Å². The molecule has 0 amide bonds. The number of fused-ring (bicyclic) bond motifs is 1. The number of rotatable bonds is 4. The van der Waals surface area contributed by atoms with Crippen molar-refractivity contribution in [2.24, 2.45) is 0 Å². The largest absolute Gasteiger partial charge is 0.486 e. The van der Waals surface area contributed by atoms with Crippen molar-refractivity contribution in [3.05, 3.63) is 64.5 Å². The number of aromatic carboxylic acids is 1. The molecule has 0 saturated heterocycles. The van der Waals surface area contributed by atoms with Crippen molar-refractivity contribution in [1.29, 1.82) is 0 Å². The van der Waals surface area contributed by atoms with Gasteiger partial charge in [-0.25, -0.2) is 4.79 Å². The van der Waals surface area contributed by atoms with Crippen molar-refractivity contribution in [2.75, 3.05) is 0 Å². The molecule has 0 aliphatic carbocycles. The van der Waals surface area contributed by atoms with Crippen LogP contribution in [0.4, 0.5) is 0 Å². The molecule has 0 spiro atoms. The SMILES string of the molecule is O=C(O)c1coc(COc2ccc3cc(Br)ccc3c2)c1. The van der Waals surface area contributed by atoms with Crippen LogP contribution in [0.2, 0.25) is 0 Å². The molecule has 1 heterocycles. The minimum atomic E-state index is -1.01. The summed E-state index contributed by atoms with van der Waals surface area (Å²) in [5, 5.41) is 11.0. The van der Waals surface area contributed by atoms with Crippen molar-refractivity contribution < 1.29 is 19.1 Å². The van der Waals surface area contributed by atoms with Crippen molar-refractivity contribution in [2.45, 2.75) is 6.61 Å². The third-order valence-corrected chi connectivity index (χ3v) is 3.55. The Labute approximate surface area is 129 Å². The van der Waals surface area contributed by atoms with Gasteiger partial charge in [0.2, 0.25) is 0 Å². The summed E-state index contributed by atoms with van der Waals surface area (Å²) in [6.45, 7) is 0.190. The lowest BCUT2D eigenvalue weighted by molar-refractivity contribution is 0.0696. The van der Waals surface area contributed by atoms with E-state index in [9.17, 15) is 4.79 Å². The lowest BCUT2D eigenvalue weighted by Crippen LogP contribution is -1.95. The third-order valence-electron chi connectivity index (χ3n) is 3.06. The molecular weight excluding hydrogens is 336 g/mol. The molecule has 0 bridgehead atoms. The van der Waals surface area contributed by atoms with Crippen LogP contribution in [-0.2, 0) is 6.61 Å². The van der Waals surface area contributed by atoms with Crippen LogP contribution >= 0.6 is 15.9 Å². The minimum Gasteiger partial charge on any atom is -0.486 e. The van der Waals surface area contributed by atoms with E-state index < -0.39 is 5.97 Å². The Bertz CT molecular complexity index is 807. The summed E-state index contributed by atoms with van der Waals surface area (Å²) in [6, 6.07) is 13.2. The number of ether oxygens (including phenoxy) is 1. The van der Waals surface area contributed by atoms with E-state index in [1.165, 1.54) is 12.3 Å². The van der Waals surface area contributed by atoms with E-state index in [1.807, 2.05) is 36.4 Å². The summed E-state index contributed by atoms with van der Waals surface area (Å²) < 4.78 is 11.8. The van der Waals surface area contributed by atoms with Gasteiger partial charge in [-0.15, -0.1) is 0 Å². The first kappa shape index (κ1) is 13.7. The Kier molecular flexibility index (Phi) is 3.66. The van der Waals surface area contributed by atoms with Crippen molar-refractivity contribution in [1.82, 2.24) is 0 Å². The first-order chi connectivity index (χ1) is 10.1. The Balaban J connectivity index is 1.75. The molecular formula is C16H11BrO4. The summed E-state index contributed by atoms with van der Waals surface area (Å²) in [6.07, 6.45) is 1.21. The quantitative estimate of drug-likeness (QED) is 0.756. The van der Waals surface area contributed by atoms with Gasteiger partial charge in [-0.3, -0.25) is 0 Å². The van der Waals surface area contributed by atoms with E-state index in [-0.39, 0.29) is 12.2 Å². The van der Waals surface area contributed by atoms with Crippen molar-refractivity contribution in [3.8, 4) is 5.75 Å². The first-order valence-corrected chi connectivity index (χ1v) is 7.04. The molecule has 4 nitrogen and oxygen atoms in total. The maximum Gasteiger partial charge on any atom is 0.338 e. The zero-order chi connectivity index (χ0) is 14.8. The fraction of sp³-hybridized carbons (Fsp3) is 0.0625. The zero-order valence-corrected chi connectivity index (χ0v) is 12.5. The molecule has 0 unspecified atom stereocenters. The summed E-state index contributed by atoms with van der Waals surface area (Å²) in [5.41, 5.74) is 0.122. The lowest BCUT2D eigenvalue weighted by atomic mass is 10.1. The molecule has 106 valence electrons. The van der Waals surface area contributed by atoms with E-state index in [0.29, 0.717) is 11.5 Å². The van der Waals surface area contributed by atoms with Crippen LogP contribution in [0.1, 0.15) is 16.1 Å². The predicted molar refractivity (Wildman–Crippen MR) is 81.6 cm³/mol. The second-order valence-electron chi connectivity index (χ2n) is 4.55. The number of hydrogen-bond donors (Lipinski definition) is 1. The summed E-state index contributed by atoms with van der Waals surface area (Å²) in [7, 11) is 0. The average Bonchev–Trinajstić information content (AvgIpc) is 2.94. The zero-order valence-electron chi connectivity index (χ0n) is 10.9. The van der Waals surface area contributed by atoms with E-state index in [2.05, 4.69) is 15.9 Å². The second-order valence-corrected chi connectivity index (χ2v) is 5.46. The van der Waals surface area contributed by atoms with Gasteiger partial charge in [-0.05, 0) is 41.1 Å². The van der Waals surface area contributed by atoms with Crippen molar-refractivity contribution in [3.63, 3.8) is 0 Å². The number of carboxylic acid groups (broad SMARTS) is 1. The number of halogens is 1. The number of carboxylic acids is 1. The average molecular weight is 347 g/mol. The number of hydrogen-bond acceptors (Lipinski definition) is 3. The summed E-state index contributed by atoms with van der Waals surface area (Å²) in [5.74, 6) is 0.169. The second kappa shape index (κ2) is 5.61. The third kappa shape index (κ3) is 3.08. The molecule has 0 saturated carbocycles. The summed E-state index contributed by atoms with van der Waals surface area (Å²) >= 11 is 3.43. The minimum absolute atomic E-state index is 0.122. The normalized spacial score (nSPS) is 10.7. The highest BCUT2D eigenvalue weighted by Crippen LogP contribution is 2.24. The Morgan fingerprint density at radius 3 is 2.67 bits per heavy atom. The standard InChI is InChI=1S/C16H11BrO4/c17-13-3-1-11-6-14(4-2-10(11)5-13)21-9-15-7-12(8-20-15)16(18)19/h1-8H,9H2,(H,18,19). The molecule has 5 heteroatoms. The molecule has 0 atom stereocenters. The van der Waals surface area contributed by atoms with E-state index in [0.717, 1.165) is 15.2 Å². The topological polar surface area (TPSA) is 59.7 Å². The van der Waals surface area contributed by atoms with E-state index in [4.69, 9.17) is 14.3 Å². The Hall–Kier alpha value is -2.27. The van der Waals surface area contributed by atoms with Gasteiger partial charge in [0.25, 0.3) is 0 Å². The van der Waals surface area contributed by atoms with E-state index in [1.54, 1.807) is 0 Å².